The minimum absolute atomic E-state index is 0.0490. The third-order valence-corrected chi connectivity index (χ3v) is 6.24. The zero-order valence-corrected chi connectivity index (χ0v) is 19.4. The third kappa shape index (κ3) is 5.39. The van der Waals surface area contributed by atoms with Crippen LogP contribution in [0.5, 0.6) is 0 Å². The van der Waals surface area contributed by atoms with Crippen LogP contribution < -0.4 is 5.32 Å². The molecule has 2 N–H and O–H groups in total. The Morgan fingerprint density at radius 1 is 1.12 bits per heavy atom. The summed E-state index contributed by atoms with van der Waals surface area (Å²) in [6.45, 7) is 9.37. The first-order valence-electron chi connectivity index (χ1n) is 11.3. The number of amides is 2. The van der Waals surface area contributed by atoms with Crippen molar-refractivity contribution in [2.75, 3.05) is 19.7 Å². The molecule has 0 aliphatic carbocycles. The van der Waals surface area contributed by atoms with E-state index in [4.69, 9.17) is 4.74 Å². The van der Waals surface area contributed by atoms with Crippen molar-refractivity contribution in [2.45, 2.75) is 53.5 Å². The van der Waals surface area contributed by atoms with Crippen molar-refractivity contribution in [2.24, 2.45) is 5.92 Å². The molecule has 1 aliphatic heterocycles. The molecule has 1 aliphatic rings. The molecule has 3 rings (SSSR count). The highest BCUT2D eigenvalue weighted by atomic mass is 16.5. The summed E-state index contributed by atoms with van der Waals surface area (Å²) in [6.07, 6.45) is 2.04. The Bertz CT molecular complexity index is 987. The van der Waals surface area contributed by atoms with Crippen LogP contribution in [-0.2, 0) is 16.1 Å². The highest BCUT2D eigenvalue weighted by Gasteiger charge is 2.29. The van der Waals surface area contributed by atoms with Gasteiger partial charge in [-0.1, -0.05) is 24.3 Å². The normalized spacial score (nSPS) is 14.3. The number of piperidine rings is 1. The molecule has 1 saturated heterocycles. The van der Waals surface area contributed by atoms with Gasteiger partial charge in [0.05, 0.1) is 12.2 Å². The van der Waals surface area contributed by atoms with E-state index in [0.29, 0.717) is 48.6 Å². The van der Waals surface area contributed by atoms with Crippen molar-refractivity contribution in [3.8, 4) is 0 Å². The molecule has 2 heterocycles. The van der Waals surface area contributed by atoms with Gasteiger partial charge in [0, 0.05) is 31.7 Å². The second-order valence-electron chi connectivity index (χ2n) is 8.49. The summed E-state index contributed by atoms with van der Waals surface area (Å²) in [7, 11) is 0. The van der Waals surface area contributed by atoms with E-state index in [1.54, 1.807) is 25.7 Å². The van der Waals surface area contributed by atoms with Crippen molar-refractivity contribution in [1.82, 2.24) is 15.2 Å². The molecule has 2 aromatic rings. The number of H-pyrrole nitrogens is 1. The lowest BCUT2D eigenvalue weighted by Gasteiger charge is -2.31. The van der Waals surface area contributed by atoms with Crippen molar-refractivity contribution in [3.05, 3.63) is 57.9 Å². The van der Waals surface area contributed by atoms with Crippen LogP contribution in [0, 0.1) is 26.7 Å². The zero-order chi connectivity index (χ0) is 23.3. The predicted molar refractivity (Wildman–Crippen MR) is 122 cm³/mol. The number of nitrogens with one attached hydrogen (secondary N) is 2. The fourth-order valence-electron chi connectivity index (χ4n) is 4.31. The maximum atomic E-state index is 13.1. The highest BCUT2D eigenvalue weighted by Crippen LogP contribution is 2.25. The number of hydrogen-bond donors (Lipinski definition) is 2. The average Bonchev–Trinajstić information content (AvgIpc) is 3.07. The molecule has 2 amide bonds. The van der Waals surface area contributed by atoms with Crippen LogP contribution in [0.1, 0.15) is 69.4 Å². The van der Waals surface area contributed by atoms with Crippen LogP contribution in [0.3, 0.4) is 0 Å². The second kappa shape index (κ2) is 10.5. The van der Waals surface area contributed by atoms with Gasteiger partial charge in [-0.05, 0) is 63.1 Å². The number of aromatic amines is 1. The molecular weight excluding hydrogens is 406 g/mol. The predicted octanol–water partition coefficient (Wildman–Crippen LogP) is 3.68. The number of aryl methyl sites for hydroxylation is 2. The van der Waals surface area contributed by atoms with Gasteiger partial charge in [-0.2, -0.15) is 0 Å². The smallest absolute Gasteiger partial charge is 0.340 e. The lowest BCUT2D eigenvalue weighted by molar-refractivity contribution is -0.122. The summed E-state index contributed by atoms with van der Waals surface area (Å²) in [5.74, 6) is -0.206. The molecule has 7 nitrogen and oxygen atoms in total. The highest BCUT2D eigenvalue weighted by molar-refractivity contribution is 6.00. The van der Waals surface area contributed by atoms with Gasteiger partial charge in [0.25, 0.3) is 5.91 Å². The maximum absolute atomic E-state index is 13.1. The molecule has 172 valence electrons. The first-order valence-corrected chi connectivity index (χ1v) is 11.3. The van der Waals surface area contributed by atoms with Crippen LogP contribution in [0.25, 0.3) is 0 Å². The van der Waals surface area contributed by atoms with Gasteiger partial charge in [0.2, 0.25) is 5.91 Å². The number of rotatable bonds is 7. The van der Waals surface area contributed by atoms with Gasteiger partial charge in [0.15, 0.2) is 0 Å². The van der Waals surface area contributed by atoms with Crippen LogP contribution in [0.4, 0.5) is 0 Å². The topological polar surface area (TPSA) is 91.5 Å². The third-order valence-electron chi connectivity index (χ3n) is 6.24. The fourth-order valence-corrected chi connectivity index (χ4v) is 4.31. The fraction of sp³-hybridized carbons (Fsp3) is 0.480. The van der Waals surface area contributed by atoms with Gasteiger partial charge in [0.1, 0.15) is 5.69 Å². The standard InChI is InChI=1S/C25H33N3O4/c1-5-32-25(31)22-17(3)23(27-18(22)4)24(30)28-12-10-19(11-13-28)14-21(29)26-15-20-9-7-6-8-16(20)2/h6-9,19,27H,5,10-15H2,1-4H3,(H,26,29). The summed E-state index contributed by atoms with van der Waals surface area (Å²) < 4.78 is 5.11. The second-order valence-corrected chi connectivity index (χ2v) is 8.49. The summed E-state index contributed by atoms with van der Waals surface area (Å²) in [4.78, 5) is 42.5. The summed E-state index contributed by atoms with van der Waals surface area (Å²) in [5.41, 5.74) is 4.45. The minimum atomic E-state index is -0.409. The molecule has 1 aromatic heterocycles. The van der Waals surface area contributed by atoms with Crippen LogP contribution in [-0.4, -0.2) is 47.4 Å². The Labute approximate surface area is 189 Å². The Balaban J connectivity index is 1.52. The van der Waals surface area contributed by atoms with Gasteiger partial charge < -0.3 is 19.9 Å². The van der Waals surface area contributed by atoms with Crippen molar-refractivity contribution < 1.29 is 19.1 Å². The first-order chi connectivity index (χ1) is 15.3. The van der Waals surface area contributed by atoms with Gasteiger partial charge >= 0.3 is 5.97 Å². The number of carbonyl (C=O) groups excluding carboxylic acids is 3. The maximum Gasteiger partial charge on any atom is 0.340 e. The van der Waals surface area contributed by atoms with E-state index in [0.717, 1.165) is 18.4 Å². The SMILES string of the molecule is CCOC(=O)c1c(C)[nH]c(C(=O)N2CCC(CC(=O)NCc3ccccc3C)CC2)c1C. The summed E-state index contributed by atoms with van der Waals surface area (Å²) in [6, 6.07) is 8.03. The van der Waals surface area contributed by atoms with Crippen molar-refractivity contribution in [3.63, 3.8) is 0 Å². The van der Waals surface area contributed by atoms with E-state index in [1.807, 2.05) is 31.2 Å². The molecule has 0 unspecified atom stereocenters. The average molecular weight is 440 g/mol. The van der Waals surface area contributed by atoms with Crippen molar-refractivity contribution in [1.29, 1.82) is 0 Å². The Kier molecular flexibility index (Phi) is 7.72. The minimum Gasteiger partial charge on any atom is -0.462 e. The molecule has 7 heteroatoms. The van der Waals surface area contributed by atoms with Crippen LogP contribution in [0.15, 0.2) is 24.3 Å². The molecule has 32 heavy (non-hydrogen) atoms. The molecule has 0 atom stereocenters. The van der Waals surface area contributed by atoms with E-state index in [-0.39, 0.29) is 24.3 Å². The van der Waals surface area contributed by atoms with Crippen LogP contribution >= 0.6 is 0 Å². The number of esters is 1. The lowest BCUT2D eigenvalue weighted by Crippen LogP contribution is -2.40. The largest absolute Gasteiger partial charge is 0.462 e. The van der Waals surface area contributed by atoms with E-state index < -0.39 is 5.97 Å². The van der Waals surface area contributed by atoms with Crippen molar-refractivity contribution >= 4 is 17.8 Å². The number of nitrogens with zero attached hydrogens (tertiary/aromatic N) is 1. The summed E-state index contributed by atoms with van der Waals surface area (Å²) in [5, 5.41) is 3.02. The lowest BCUT2D eigenvalue weighted by atomic mass is 9.93. The zero-order valence-electron chi connectivity index (χ0n) is 19.4. The van der Waals surface area contributed by atoms with Crippen LogP contribution in [0.2, 0.25) is 0 Å². The van der Waals surface area contributed by atoms with E-state index in [9.17, 15) is 14.4 Å². The first kappa shape index (κ1) is 23.6. The summed E-state index contributed by atoms with van der Waals surface area (Å²) >= 11 is 0. The van der Waals surface area contributed by atoms with Gasteiger partial charge in [-0.25, -0.2) is 4.79 Å². The molecule has 0 bridgehead atoms. The molecule has 0 spiro atoms. The molecule has 1 aromatic carbocycles. The number of benzene rings is 1. The molecule has 1 fully saturated rings. The number of carbonyl (C=O) groups is 3. The number of ether oxygens (including phenoxy) is 1. The van der Waals surface area contributed by atoms with E-state index in [1.165, 1.54) is 5.56 Å². The Hall–Kier alpha value is -3.09. The monoisotopic (exact) mass is 439 g/mol. The van der Waals surface area contributed by atoms with E-state index in [2.05, 4.69) is 10.3 Å². The number of likely N-dealkylation sites (tertiary alicyclic amines) is 1. The number of aromatic nitrogens is 1. The van der Waals surface area contributed by atoms with E-state index >= 15 is 0 Å². The number of hydrogen-bond acceptors (Lipinski definition) is 4. The molecule has 0 saturated carbocycles. The quantitative estimate of drug-likeness (QED) is 0.644. The Morgan fingerprint density at radius 3 is 2.47 bits per heavy atom. The Morgan fingerprint density at radius 2 is 1.81 bits per heavy atom. The van der Waals surface area contributed by atoms with Gasteiger partial charge in [-0.3, -0.25) is 9.59 Å². The van der Waals surface area contributed by atoms with Gasteiger partial charge in [-0.15, -0.1) is 0 Å². The molecule has 0 radical (unpaired) electrons. The molecular formula is C25H33N3O4.